The summed E-state index contributed by atoms with van der Waals surface area (Å²) in [4.78, 5) is 0. The Hall–Kier alpha value is -0.763. The average molecular weight is 298 g/mol. The minimum Gasteiger partial charge on any atom is -0.377 e. The van der Waals surface area contributed by atoms with Gasteiger partial charge < -0.3 is 24.7 Å². The molecule has 0 radical (unpaired) electrons. The number of nitrogens with two attached hydrogens (primary N) is 2. The van der Waals surface area contributed by atoms with Crippen LogP contribution in [0.4, 0.5) is 0 Å². The van der Waals surface area contributed by atoms with Crippen LogP contribution in [0.5, 0.6) is 0 Å². The van der Waals surface area contributed by atoms with Crippen LogP contribution < -0.4 is 11.5 Å². The van der Waals surface area contributed by atoms with Crippen LogP contribution >= 0.6 is 0 Å². The maximum Gasteiger partial charge on any atom is 0.500 e. The molecule has 0 saturated heterocycles. The Balaban J connectivity index is 2.56. The van der Waals surface area contributed by atoms with Gasteiger partial charge in [-0.2, -0.15) is 0 Å². The molecule has 4 N–H and O–H groups in total. The summed E-state index contributed by atoms with van der Waals surface area (Å²) in [5.74, 6) is 0. The van der Waals surface area contributed by atoms with Crippen LogP contribution in [0.15, 0.2) is 24.3 Å². The predicted molar refractivity (Wildman–Crippen MR) is 82.2 cm³/mol. The molecule has 1 rings (SSSR count). The number of benzene rings is 1. The van der Waals surface area contributed by atoms with Crippen molar-refractivity contribution in [3.63, 3.8) is 0 Å². The highest BCUT2D eigenvalue weighted by Gasteiger charge is 2.38. The quantitative estimate of drug-likeness (QED) is 0.502. The van der Waals surface area contributed by atoms with Crippen LogP contribution in [-0.2, 0) is 26.2 Å². The normalized spacial score (nSPS) is 11.8. The molecule has 0 saturated carbocycles. The van der Waals surface area contributed by atoms with E-state index in [0.717, 1.165) is 24.4 Å². The molecule has 0 spiro atoms. The second kappa shape index (κ2) is 9.22. The largest absolute Gasteiger partial charge is 0.500 e. The summed E-state index contributed by atoms with van der Waals surface area (Å²) in [6.45, 7) is 1.76. The Kier molecular flexibility index (Phi) is 7.97. The van der Waals surface area contributed by atoms with E-state index in [9.17, 15) is 0 Å². The van der Waals surface area contributed by atoms with Gasteiger partial charge >= 0.3 is 8.80 Å². The van der Waals surface area contributed by atoms with Gasteiger partial charge in [0, 0.05) is 33.4 Å². The Morgan fingerprint density at radius 1 is 1.00 bits per heavy atom. The van der Waals surface area contributed by atoms with Crippen LogP contribution in [0, 0.1) is 0 Å². The minimum atomic E-state index is -2.57. The Labute approximate surface area is 122 Å². The molecule has 1 aromatic carbocycles. The van der Waals surface area contributed by atoms with Gasteiger partial charge in [0.05, 0.1) is 0 Å². The van der Waals surface area contributed by atoms with Gasteiger partial charge in [0.2, 0.25) is 0 Å². The van der Waals surface area contributed by atoms with Gasteiger partial charge in [-0.05, 0) is 30.5 Å². The van der Waals surface area contributed by atoms with Crippen molar-refractivity contribution in [2.75, 3.05) is 27.4 Å². The fraction of sp³-hybridized carbons (Fsp3) is 0.571. The molecule has 0 aliphatic rings. The molecular formula is C14H26N2O3Si. The molecule has 0 aliphatic carbocycles. The lowest BCUT2D eigenvalue weighted by molar-refractivity contribution is 0.0978. The minimum absolute atomic E-state index is 0.567. The zero-order valence-electron chi connectivity index (χ0n) is 12.4. The summed E-state index contributed by atoms with van der Waals surface area (Å²) in [6.07, 6.45) is 1.67. The fourth-order valence-electron chi connectivity index (χ4n) is 1.93. The third-order valence-electron chi connectivity index (χ3n) is 3.27. The van der Waals surface area contributed by atoms with E-state index in [0.29, 0.717) is 19.7 Å². The van der Waals surface area contributed by atoms with Gasteiger partial charge in [-0.3, -0.25) is 0 Å². The van der Waals surface area contributed by atoms with E-state index in [1.54, 1.807) is 14.2 Å². The molecule has 0 atom stereocenters. The zero-order chi connectivity index (χ0) is 14.8. The monoisotopic (exact) mass is 298 g/mol. The molecule has 0 bridgehead atoms. The highest BCUT2D eigenvalue weighted by molar-refractivity contribution is 6.60. The topological polar surface area (TPSA) is 79.7 Å². The van der Waals surface area contributed by atoms with E-state index in [1.807, 2.05) is 12.1 Å². The molecule has 114 valence electrons. The molecule has 0 aromatic heterocycles. The van der Waals surface area contributed by atoms with Crippen LogP contribution in [0.3, 0.4) is 0 Å². The first kappa shape index (κ1) is 17.3. The first-order valence-corrected chi connectivity index (χ1v) is 8.85. The van der Waals surface area contributed by atoms with Crippen molar-refractivity contribution in [1.82, 2.24) is 0 Å². The zero-order valence-corrected chi connectivity index (χ0v) is 13.4. The number of hydrogen-bond donors (Lipinski definition) is 2. The Morgan fingerprint density at radius 2 is 1.60 bits per heavy atom. The summed E-state index contributed by atoms with van der Waals surface area (Å²) in [5, 5.41) is 0. The van der Waals surface area contributed by atoms with Crippen molar-refractivity contribution < 1.29 is 13.3 Å². The first-order chi connectivity index (χ1) is 9.69. The van der Waals surface area contributed by atoms with Crippen molar-refractivity contribution in [3.05, 3.63) is 35.4 Å². The van der Waals surface area contributed by atoms with Gasteiger partial charge in [-0.1, -0.05) is 24.3 Å². The average Bonchev–Trinajstić information content (AvgIpc) is 2.51. The van der Waals surface area contributed by atoms with Crippen LogP contribution in [-0.4, -0.2) is 36.2 Å². The van der Waals surface area contributed by atoms with E-state index in [-0.39, 0.29) is 0 Å². The maximum atomic E-state index is 5.83. The lowest BCUT2D eigenvalue weighted by atomic mass is 10.1. The highest BCUT2D eigenvalue weighted by atomic mass is 28.4. The molecule has 0 heterocycles. The van der Waals surface area contributed by atoms with Crippen molar-refractivity contribution in [3.8, 4) is 0 Å². The summed E-state index contributed by atoms with van der Waals surface area (Å²) < 4.78 is 16.9. The van der Waals surface area contributed by atoms with Gasteiger partial charge in [0.25, 0.3) is 0 Å². The lowest BCUT2D eigenvalue weighted by Crippen LogP contribution is -2.44. The highest BCUT2D eigenvalue weighted by Crippen LogP contribution is 2.18. The molecular weight excluding hydrogens is 272 g/mol. The van der Waals surface area contributed by atoms with Crippen molar-refractivity contribution >= 4 is 8.80 Å². The standard InChI is InChI=1S/C14H26N2O3Si/c1-17-20(18-2,19-10-3-9-15)11-8-13-4-6-14(12-16)7-5-13/h4-7H,3,8-12,15-16H2,1-2H3. The summed E-state index contributed by atoms with van der Waals surface area (Å²) in [6, 6.07) is 9.03. The maximum absolute atomic E-state index is 5.83. The number of rotatable bonds is 10. The van der Waals surface area contributed by atoms with Crippen LogP contribution in [0.1, 0.15) is 17.5 Å². The van der Waals surface area contributed by atoms with Crippen molar-refractivity contribution in [1.29, 1.82) is 0 Å². The molecule has 1 aromatic rings. The molecule has 20 heavy (non-hydrogen) atoms. The Morgan fingerprint density at radius 3 is 2.10 bits per heavy atom. The SMILES string of the molecule is CO[Si](CCc1ccc(CN)cc1)(OC)OCCCN. The second-order valence-electron chi connectivity index (χ2n) is 4.60. The van der Waals surface area contributed by atoms with Gasteiger partial charge in [-0.15, -0.1) is 0 Å². The van der Waals surface area contributed by atoms with Crippen molar-refractivity contribution in [2.24, 2.45) is 11.5 Å². The van der Waals surface area contributed by atoms with Crippen LogP contribution in [0.25, 0.3) is 0 Å². The molecule has 0 amide bonds. The summed E-state index contributed by atoms with van der Waals surface area (Å²) >= 11 is 0. The number of hydrogen-bond acceptors (Lipinski definition) is 5. The number of aryl methyl sites for hydroxylation is 1. The van der Waals surface area contributed by atoms with E-state index < -0.39 is 8.80 Å². The van der Waals surface area contributed by atoms with E-state index >= 15 is 0 Å². The summed E-state index contributed by atoms with van der Waals surface area (Å²) in [7, 11) is 0.731. The fourth-order valence-corrected chi connectivity index (χ4v) is 3.93. The van der Waals surface area contributed by atoms with E-state index in [2.05, 4.69) is 12.1 Å². The molecule has 0 aliphatic heterocycles. The lowest BCUT2D eigenvalue weighted by Gasteiger charge is -2.26. The van der Waals surface area contributed by atoms with E-state index in [4.69, 9.17) is 24.7 Å². The third-order valence-corrected chi connectivity index (χ3v) is 6.02. The second-order valence-corrected chi connectivity index (χ2v) is 7.57. The predicted octanol–water partition coefficient (Wildman–Crippen LogP) is 1.28. The van der Waals surface area contributed by atoms with Gasteiger partial charge in [-0.25, -0.2) is 0 Å². The molecule has 0 fully saturated rings. The first-order valence-electron chi connectivity index (χ1n) is 6.92. The van der Waals surface area contributed by atoms with Crippen molar-refractivity contribution in [2.45, 2.75) is 25.4 Å². The third kappa shape index (κ3) is 5.32. The van der Waals surface area contributed by atoms with Gasteiger partial charge in [0.15, 0.2) is 0 Å². The van der Waals surface area contributed by atoms with Crippen LogP contribution in [0.2, 0.25) is 6.04 Å². The molecule has 6 heteroatoms. The molecule has 0 unspecified atom stereocenters. The Bertz CT molecular complexity index is 369. The van der Waals surface area contributed by atoms with E-state index in [1.165, 1.54) is 5.56 Å². The summed E-state index contributed by atoms with van der Waals surface area (Å²) in [5.41, 5.74) is 13.4. The molecule has 5 nitrogen and oxygen atoms in total. The smallest absolute Gasteiger partial charge is 0.377 e. The van der Waals surface area contributed by atoms with Gasteiger partial charge in [0.1, 0.15) is 0 Å².